The van der Waals surface area contributed by atoms with Crippen molar-refractivity contribution in [2.24, 2.45) is 0 Å². The maximum atomic E-state index is 5.56. The van der Waals surface area contributed by atoms with Crippen molar-refractivity contribution >= 4 is 11.8 Å². The standard InChI is InChI=1S/C18H20O2S/c1-19-17-11-9-15(10-12-17)14-20-13-5-7-16-6-3-4-8-18(16)21-2/h3-6,8-13H,7,14H2,1-2H3. The van der Waals surface area contributed by atoms with E-state index in [0.29, 0.717) is 6.61 Å². The van der Waals surface area contributed by atoms with Crippen molar-refractivity contribution in [3.8, 4) is 5.75 Å². The van der Waals surface area contributed by atoms with Crippen LogP contribution in [0.4, 0.5) is 0 Å². The van der Waals surface area contributed by atoms with Crippen molar-refractivity contribution in [2.75, 3.05) is 13.4 Å². The van der Waals surface area contributed by atoms with E-state index in [0.717, 1.165) is 17.7 Å². The molecule has 0 fully saturated rings. The Morgan fingerprint density at radius 1 is 1.05 bits per heavy atom. The lowest BCUT2D eigenvalue weighted by atomic mass is 10.1. The second kappa shape index (κ2) is 8.42. The van der Waals surface area contributed by atoms with Gasteiger partial charge in [-0.1, -0.05) is 30.3 Å². The molecule has 0 atom stereocenters. The van der Waals surface area contributed by atoms with E-state index >= 15 is 0 Å². The van der Waals surface area contributed by atoms with Gasteiger partial charge in [0, 0.05) is 4.90 Å². The molecule has 0 aliphatic heterocycles. The molecule has 3 heteroatoms. The van der Waals surface area contributed by atoms with Gasteiger partial charge in [-0.25, -0.2) is 0 Å². The molecule has 0 saturated heterocycles. The summed E-state index contributed by atoms with van der Waals surface area (Å²) >= 11 is 1.77. The number of ether oxygens (including phenoxy) is 2. The minimum atomic E-state index is 0.574. The molecule has 0 N–H and O–H groups in total. The summed E-state index contributed by atoms with van der Waals surface area (Å²) in [6.07, 6.45) is 6.82. The molecule has 0 radical (unpaired) electrons. The van der Waals surface area contributed by atoms with Crippen LogP contribution in [0, 0.1) is 0 Å². The second-order valence-electron chi connectivity index (χ2n) is 4.55. The van der Waals surface area contributed by atoms with Crippen LogP contribution in [0.5, 0.6) is 5.75 Å². The Labute approximate surface area is 130 Å². The normalized spacial score (nSPS) is 10.8. The fourth-order valence-corrected chi connectivity index (χ4v) is 2.61. The topological polar surface area (TPSA) is 18.5 Å². The molecule has 0 spiro atoms. The molecule has 110 valence electrons. The first-order valence-corrected chi connectivity index (χ1v) is 8.07. The fourth-order valence-electron chi connectivity index (χ4n) is 1.98. The van der Waals surface area contributed by atoms with Crippen LogP contribution in [-0.4, -0.2) is 13.4 Å². The molecule has 0 aliphatic rings. The monoisotopic (exact) mass is 300 g/mol. The van der Waals surface area contributed by atoms with E-state index in [9.17, 15) is 0 Å². The van der Waals surface area contributed by atoms with E-state index in [4.69, 9.17) is 9.47 Å². The molecule has 2 aromatic carbocycles. The molecule has 0 saturated carbocycles. The van der Waals surface area contributed by atoms with Gasteiger partial charge in [0.25, 0.3) is 0 Å². The number of hydrogen-bond donors (Lipinski definition) is 0. The third-order valence-corrected chi connectivity index (χ3v) is 3.97. The first kappa shape index (κ1) is 15.5. The predicted molar refractivity (Wildman–Crippen MR) is 88.9 cm³/mol. The lowest BCUT2D eigenvalue weighted by Gasteiger charge is -2.05. The van der Waals surface area contributed by atoms with E-state index in [1.54, 1.807) is 25.1 Å². The minimum absolute atomic E-state index is 0.574. The quantitative estimate of drug-likeness (QED) is 0.546. The number of thioether (sulfide) groups is 1. The highest BCUT2D eigenvalue weighted by Gasteiger charge is 1.97. The van der Waals surface area contributed by atoms with Crippen LogP contribution in [-0.2, 0) is 17.8 Å². The molecule has 0 amide bonds. The van der Waals surface area contributed by atoms with Crippen molar-refractivity contribution in [1.82, 2.24) is 0 Å². The summed E-state index contributed by atoms with van der Waals surface area (Å²) < 4.78 is 10.7. The minimum Gasteiger partial charge on any atom is -0.497 e. The second-order valence-corrected chi connectivity index (χ2v) is 5.39. The molecule has 0 unspecified atom stereocenters. The van der Waals surface area contributed by atoms with Gasteiger partial charge in [-0.3, -0.25) is 0 Å². The largest absolute Gasteiger partial charge is 0.497 e. The lowest BCUT2D eigenvalue weighted by Crippen LogP contribution is -1.89. The Morgan fingerprint density at radius 2 is 1.81 bits per heavy atom. The van der Waals surface area contributed by atoms with Crippen LogP contribution in [0.2, 0.25) is 0 Å². The number of benzene rings is 2. The van der Waals surface area contributed by atoms with Crippen LogP contribution in [0.3, 0.4) is 0 Å². The Balaban J connectivity index is 1.80. The van der Waals surface area contributed by atoms with Gasteiger partial charge < -0.3 is 9.47 Å². The highest BCUT2D eigenvalue weighted by molar-refractivity contribution is 7.98. The third kappa shape index (κ3) is 4.87. The highest BCUT2D eigenvalue weighted by Crippen LogP contribution is 2.20. The lowest BCUT2D eigenvalue weighted by molar-refractivity contribution is 0.235. The number of rotatable bonds is 7. The first-order chi connectivity index (χ1) is 10.3. The molecular formula is C18H20O2S. The van der Waals surface area contributed by atoms with Crippen LogP contribution >= 0.6 is 11.8 Å². The van der Waals surface area contributed by atoms with Crippen LogP contribution in [0.25, 0.3) is 0 Å². The molecule has 21 heavy (non-hydrogen) atoms. The number of allylic oxidation sites excluding steroid dienone is 1. The van der Waals surface area contributed by atoms with Gasteiger partial charge >= 0.3 is 0 Å². The van der Waals surface area contributed by atoms with Gasteiger partial charge in [-0.2, -0.15) is 0 Å². The summed E-state index contributed by atoms with van der Waals surface area (Å²) in [5, 5.41) is 0. The molecular weight excluding hydrogens is 280 g/mol. The zero-order chi connectivity index (χ0) is 14.9. The Hall–Kier alpha value is -1.87. The van der Waals surface area contributed by atoms with E-state index in [-0.39, 0.29) is 0 Å². The molecule has 0 aromatic heterocycles. The smallest absolute Gasteiger partial charge is 0.118 e. The van der Waals surface area contributed by atoms with Crippen molar-refractivity contribution in [2.45, 2.75) is 17.9 Å². The van der Waals surface area contributed by atoms with Gasteiger partial charge in [0.15, 0.2) is 0 Å². The van der Waals surface area contributed by atoms with Crippen LogP contribution in [0.1, 0.15) is 11.1 Å². The predicted octanol–water partition coefficient (Wildman–Crippen LogP) is 4.69. The first-order valence-electron chi connectivity index (χ1n) is 6.85. The summed E-state index contributed by atoms with van der Waals surface area (Å²) in [5.74, 6) is 0.864. The molecule has 0 aliphatic carbocycles. The maximum absolute atomic E-state index is 5.56. The van der Waals surface area contributed by atoms with Crippen molar-refractivity contribution in [1.29, 1.82) is 0 Å². The third-order valence-electron chi connectivity index (χ3n) is 3.13. The Kier molecular flexibility index (Phi) is 6.22. The van der Waals surface area contributed by atoms with Crippen molar-refractivity contribution < 1.29 is 9.47 Å². The zero-order valence-electron chi connectivity index (χ0n) is 12.4. The van der Waals surface area contributed by atoms with Gasteiger partial charge in [-0.15, -0.1) is 11.8 Å². The number of hydrogen-bond acceptors (Lipinski definition) is 3. The van der Waals surface area contributed by atoms with Crippen molar-refractivity contribution in [3.05, 3.63) is 72.0 Å². The summed E-state index contributed by atoms with van der Waals surface area (Å²) in [6, 6.07) is 16.3. The molecule has 0 bridgehead atoms. The highest BCUT2D eigenvalue weighted by atomic mass is 32.2. The van der Waals surface area contributed by atoms with Gasteiger partial charge in [0.2, 0.25) is 0 Å². The molecule has 0 heterocycles. The summed E-state index contributed by atoms with van der Waals surface area (Å²) in [7, 11) is 1.67. The Morgan fingerprint density at radius 3 is 2.52 bits per heavy atom. The number of methoxy groups -OCH3 is 1. The molecule has 2 aromatic rings. The summed E-state index contributed by atoms with van der Waals surface area (Å²) in [5.41, 5.74) is 2.46. The van der Waals surface area contributed by atoms with Gasteiger partial charge in [-0.05, 0) is 48.1 Å². The molecule has 2 nitrogen and oxygen atoms in total. The van der Waals surface area contributed by atoms with E-state index in [2.05, 4.69) is 36.6 Å². The van der Waals surface area contributed by atoms with Crippen molar-refractivity contribution in [3.63, 3.8) is 0 Å². The van der Waals surface area contributed by atoms with Crippen LogP contribution < -0.4 is 4.74 Å². The van der Waals surface area contributed by atoms with Crippen LogP contribution in [0.15, 0.2) is 65.8 Å². The average molecular weight is 300 g/mol. The Bertz CT molecular complexity index is 576. The fraction of sp³-hybridized carbons (Fsp3) is 0.222. The van der Waals surface area contributed by atoms with Gasteiger partial charge in [0.05, 0.1) is 13.4 Å². The average Bonchev–Trinajstić information content (AvgIpc) is 2.55. The van der Waals surface area contributed by atoms with E-state index in [1.165, 1.54) is 10.5 Å². The zero-order valence-corrected chi connectivity index (χ0v) is 13.2. The van der Waals surface area contributed by atoms with E-state index in [1.807, 2.05) is 24.3 Å². The summed E-state index contributed by atoms with van der Waals surface area (Å²) in [6.45, 7) is 0.574. The SMILES string of the molecule is COc1ccc(COC=CCc2ccccc2SC)cc1. The van der Waals surface area contributed by atoms with E-state index < -0.39 is 0 Å². The molecule has 2 rings (SSSR count). The van der Waals surface area contributed by atoms with Gasteiger partial charge in [0.1, 0.15) is 12.4 Å². The maximum Gasteiger partial charge on any atom is 0.118 e. The summed E-state index contributed by atoms with van der Waals surface area (Å²) in [4.78, 5) is 1.32.